The molecular formula is C72H120O6. The Morgan fingerprint density at radius 3 is 0.782 bits per heavy atom. The highest BCUT2D eigenvalue weighted by Crippen LogP contribution is 2.16. The van der Waals surface area contributed by atoms with Crippen molar-refractivity contribution in [1.29, 1.82) is 0 Å². The molecule has 6 nitrogen and oxygen atoms in total. The molecule has 0 heterocycles. The molecule has 0 rings (SSSR count). The van der Waals surface area contributed by atoms with Crippen molar-refractivity contribution in [2.75, 3.05) is 13.2 Å². The number of unbranched alkanes of at least 4 members (excludes halogenated alkanes) is 27. The lowest BCUT2D eigenvalue weighted by atomic mass is 10.0. The lowest BCUT2D eigenvalue weighted by Crippen LogP contribution is -2.30. The Morgan fingerprint density at radius 2 is 0.500 bits per heavy atom. The van der Waals surface area contributed by atoms with E-state index in [1.165, 1.54) is 122 Å². The second-order valence-electron chi connectivity index (χ2n) is 21.3. The molecule has 0 bridgehead atoms. The lowest BCUT2D eigenvalue weighted by Gasteiger charge is -2.18. The molecule has 444 valence electrons. The number of esters is 3. The first-order valence-electron chi connectivity index (χ1n) is 32.5. The minimum absolute atomic E-state index is 0.0829. The van der Waals surface area contributed by atoms with Crippen molar-refractivity contribution >= 4 is 17.9 Å². The predicted molar refractivity (Wildman–Crippen MR) is 339 cm³/mol. The fourth-order valence-electron chi connectivity index (χ4n) is 8.91. The summed E-state index contributed by atoms with van der Waals surface area (Å²) in [6, 6.07) is 0. The molecule has 78 heavy (non-hydrogen) atoms. The maximum absolute atomic E-state index is 12.9. The van der Waals surface area contributed by atoms with Gasteiger partial charge in [-0.15, -0.1) is 0 Å². The van der Waals surface area contributed by atoms with Gasteiger partial charge in [-0.05, 0) is 109 Å². The highest BCUT2D eigenvalue weighted by atomic mass is 16.6. The van der Waals surface area contributed by atoms with Crippen molar-refractivity contribution in [2.45, 2.75) is 303 Å². The minimum atomic E-state index is -0.787. The van der Waals surface area contributed by atoms with Gasteiger partial charge in [0.1, 0.15) is 13.2 Å². The smallest absolute Gasteiger partial charge is 0.306 e. The van der Waals surface area contributed by atoms with Crippen LogP contribution in [0.4, 0.5) is 0 Å². The maximum Gasteiger partial charge on any atom is 0.306 e. The fraction of sp³-hybridized carbons (Fsp3) is 0.681. The van der Waals surface area contributed by atoms with Gasteiger partial charge in [0.25, 0.3) is 0 Å². The van der Waals surface area contributed by atoms with Gasteiger partial charge in [-0.3, -0.25) is 14.4 Å². The minimum Gasteiger partial charge on any atom is -0.462 e. The number of allylic oxidation sites excluding steroid dienone is 20. The first-order valence-corrected chi connectivity index (χ1v) is 32.5. The average molecular weight is 1080 g/mol. The van der Waals surface area contributed by atoms with Crippen LogP contribution < -0.4 is 0 Å². The molecule has 0 aromatic rings. The van der Waals surface area contributed by atoms with Crippen molar-refractivity contribution in [1.82, 2.24) is 0 Å². The molecule has 0 saturated heterocycles. The van der Waals surface area contributed by atoms with Crippen LogP contribution in [0.25, 0.3) is 0 Å². The van der Waals surface area contributed by atoms with E-state index in [4.69, 9.17) is 14.2 Å². The molecule has 1 atom stereocenters. The van der Waals surface area contributed by atoms with E-state index in [2.05, 4.69) is 142 Å². The zero-order valence-corrected chi connectivity index (χ0v) is 50.9. The molecule has 0 spiro atoms. The van der Waals surface area contributed by atoms with Crippen LogP contribution in [0.2, 0.25) is 0 Å². The molecule has 0 aromatic heterocycles. The van der Waals surface area contributed by atoms with Gasteiger partial charge in [0.15, 0.2) is 6.10 Å². The monoisotopic (exact) mass is 1080 g/mol. The molecule has 0 aromatic carbocycles. The molecule has 0 saturated carbocycles. The van der Waals surface area contributed by atoms with E-state index in [9.17, 15) is 14.4 Å². The van der Waals surface area contributed by atoms with E-state index in [1.807, 2.05) is 0 Å². The Labute approximate surface area is 482 Å². The summed E-state index contributed by atoms with van der Waals surface area (Å²) >= 11 is 0. The number of ether oxygens (including phenoxy) is 3. The van der Waals surface area contributed by atoms with E-state index in [0.29, 0.717) is 19.3 Å². The molecule has 0 fully saturated rings. The number of carbonyl (C=O) groups is 3. The van der Waals surface area contributed by atoms with E-state index in [1.54, 1.807) is 0 Å². The molecule has 0 radical (unpaired) electrons. The first-order chi connectivity index (χ1) is 38.5. The van der Waals surface area contributed by atoms with Crippen molar-refractivity contribution in [2.24, 2.45) is 0 Å². The largest absolute Gasteiger partial charge is 0.462 e. The van der Waals surface area contributed by atoms with E-state index in [0.717, 1.165) is 135 Å². The summed E-state index contributed by atoms with van der Waals surface area (Å²) in [6.07, 6.45) is 90.6. The van der Waals surface area contributed by atoms with Crippen molar-refractivity contribution in [3.05, 3.63) is 122 Å². The Kier molecular flexibility index (Phi) is 61.8. The Hall–Kier alpha value is -4.19. The van der Waals surface area contributed by atoms with Crippen LogP contribution in [0.15, 0.2) is 122 Å². The second kappa shape index (κ2) is 65.3. The summed E-state index contributed by atoms with van der Waals surface area (Å²) in [6.45, 7) is 6.42. The van der Waals surface area contributed by atoms with Crippen LogP contribution >= 0.6 is 0 Å². The lowest BCUT2D eigenvalue weighted by molar-refractivity contribution is -0.167. The van der Waals surface area contributed by atoms with E-state index in [-0.39, 0.29) is 31.1 Å². The van der Waals surface area contributed by atoms with Crippen LogP contribution in [0, 0.1) is 0 Å². The zero-order chi connectivity index (χ0) is 56.4. The molecule has 6 heteroatoms. The maximum atomic E-state index is 12.9. The van der Waals surface area contributed by atoms with Crippen LogP contribution in [0.3, 0.4) is 0 Å². The summed E-state index contributed by atoms with van der Waals surface area (Å²) in [5, 5.41) is 0. The molecular weight excluding hydrogens is 961 g/mol. The first kappa shape index (κ1) is 73.8. The standard InChI is InChI=1S/C72H120O6/c1-4-7-10-13-16-19-22-25-27-29-30-31-32-33-34-35-36-37-38-39-40-41-42-44-45-47-50-53-56-59-62-65-71(74)77-68-69(67-76-70(73)64-61-58-55-52-49-24-21-18-15-12-9-6-3)78-72(75)66-63-60-57-54-51-48-46-43-28-26-23-20-17-14-11-8-5-2/h7-8,10-11,16-17,19-20,25-28,30-31,33-34,36-37,39-40,69H,4-6,9,12-15,18,21-24,29,32,35,38,41-68H2,1-3H3/b10-7-,11-8-,19-16-,20-17-,27-25-,28-26-,31-30-,34-33-,37-36-,40-39-. The van der Waals surface area contributed by atoms with Gasteiger partial charge < -0.3 is 14.2 Å². The van der Waals surface area contributed by atoms with E-state index < -0.39 is 6.10 Å². The van der Waals surface area contributed by atoms with Gasteiger partial charge in [0.05, 0.1) is 0 Å². The molecule has 0 aliphatic heterocycles. The van der Waals surface area contributed by atoms with Crippen molar-refractivity contribution < 1.29 is 28.6 Å². The van der Waals surface area contributed by atoms with Crippen LogP contribution in [0.1, 0.15) is 297 Å². The van der Waals surface area contributed by atoms with Crippen molar-refractivity contribution in [3.8, 4) is 0 Å². The molecule has 1 unspecified atom stereocenters. The van der Waals surface area contributed by atoms with Crippen molar-refractivity contribution in [3.63, 3.8) is 0 Å². The van der Waals surface area contributed by atoms with Gasteiger partial charge >= 0.3 is 17.9 Å². The summed E-state index contributed by atoms with van der Waals surface area (Å²) in [7, 11) is 0. The van der Waals surface area contributed by atoms with Crippen LogP contribution in [0.5, 0.6) is 0 Å². The van der Waals surface area contributed by atoms with Gasteiger partial charge in [-0.1, -0.05) is 290 Å². The predicted octanol–water partition coefficient (Wildman–Crippen LogP) is 22.4. The Bertz CT molecular complexity index is 1620. The Balaban J connectivity index is 4.28. The zero-order valence-electron chi connectivity index (χ0n) is 50.9. The molecule has 0 aliphatic rings. The van der Waals surface area contributed by atoms with Crippen LogP contribution in [-0.4, -0.2) is 37.2 Å². The second-order valence-corrected chi connectivity index (χ2v) is 21.3. The normalized spacial score (nSPS) is 12.9. The summed E-state index contributed by atoms with van der Waals surface area (Å²) in [5.74, 6) is -0.893. The average Bonchev–Trinajstić information content (AvgIpc) is 3.44. The SMILES string of the molecule is CC/C=C\C/C=C\C/C=C\C/C=C\C/C=C\C/C=C\C/C=C\CCCCCCCCCCCC(=O)OCC(COC(=O)CCCCCCCCCCCCCC)OC(=O)CCCCCCCCC/C=C\C/C=C\C/C=C\CC. The molecule has 0 aliphatic carbocycles. The number of rotatable bonds is 58. The molecule has 0 amide bonds. The Morgan fingerprint density at radius 1 is 0.269 bits per heavy atom. The van der Waals surface area contributed by atoms with Gasteiger partial charge in [0.2, 0.25) is 0 Å². The summed E-state index contributed by atoms with van der Waals surface area (Å²) in [4.78, 5) is 38.3. The number of hydrogen-bond acceptors (Lipinski definition) is 6. The third-order valence-corrected chi connectivity index (χ3v) is 13.7. The highest BCUT2D eigenvalue weighted by Gasteiger charge is 2.19. The highest BCUT2D eigenvalue weighted by molar-refractivity contribution is 5.71. The summed E-state index contributed by atoms with van der Waals surface area (Å²) < 4.78 is 16.9. The van der Waals surface area contributed by atoms with Gasteiger partial charge in [-0.2, -0.15) is 0 Å². The van der Waals surface area contributed by atoms with Gasteiger partial charge in [0, 0.05) is 19.3 Å². The van der Waals surface area contributed by atoms with Crippen LogP contribution in [-0.2, 0) is 28.6 Å². The fourth-order valence-corrected chi connectivity index (χ4v) is 8.91. The van der Waals surface area contributed by atoms with Gasteiger partial charge in [-0.25, -0.2) is 0 Å². The topological polar surface area (TPSA) is 78.9 Å². The third kappa shape index (κ3) is 62.7. The number of hydrogen-bond donors (Lipinski definition) is 0. The summed E-state index contributed by atoms with van der Waals surface area (Å²) in [5.41, 5.74) is 0. The quantitative estimate of drug-likeness (QED) is 0.0261. The molecule has 0 N–H and O–H groups in total. The van der Waals surface area contributed by atoms with E-state index >= 15 is 0 Å². The third-order valence-electron chi connectivity index (χ3n) is 13.7. The number of carbonyl (C=O) groups excluding carboxylic acids is 3.